The van der Waals surface area contributed by atoms with Crippen molar-refractivity contribution in [2.24, 2.45) is 5.73 Å². The zero-order chi connectivity index (χ0) is 12.3. The van der Waals surface area contributed by atoms with Gasteiger partial charge < -0.3 is 21.1 Å². The fourth-order valence-electron chi connectivity index (χ4n) is 1.24. The molecule has 6 heteroatoms. The molecule has 0 spiro atoms. The summed E-state index contributed by atoms with van der Waals surface area (Å²) in [5.41, 5.74) is 5.46. The summed E-state index contributed by atoms with van der Waals surface area (Å²) in [7, 11) is 0. The van der Waals surface area contributed by atoms with Crippen LogP contribution in [0, 0.1) is 0 Å². The lowest BCUT2D eigenvalue weighted by atomic mass is 10.0. The summed E-state index contributed by atoms with van der Waals surface area (Å²) < 4.78 is 0. The number of halogens is 1. The number of benzene rings is 1. The van der Waals surface area contributed by atoms with Crippen molar-refractivity contribution in [3.05, 3.63) is 34.3 Å². The summed E-state index contributed by atoms with van der Waals surface area (Å²) in [6, 6.07) is 3.96. The van der Waals surface area contributed by atoms with Gasteiger partial charge in [0.15, 0.2) is 0 Å². The van der Waals surface area contributed by atoms with Crippen LogP contribution in [0.4, 0.5) is 0 Å². The Labute approximate surface area is 97.1 Å². The second-order valence-electron chi connectivity index (χ2n) is 3.29. The Balaban J connectivity index is 3.01. The standard InChI is InChI=1S/C10H12ClNO4/c11-7-3-5(9(14)8(13)4-12)1-2-6(7)10(15)16/h1-3,8-9,13-14H,4,12H2,(H,15,16). The minimum atomic E-state index is -1.18. The maximum Gasteiger partial charge on any atom is 0.337 e. The first kappa shape index (κ1) is 12.9. The summed E-state index contributed by atoms with van der Waals surface area (Å²) in [6.45, 7) is -0.0978. The number of rotatable bonds is 4. The molecular weight excluding hydrogens is 234 g/mol. The number of hydrogen-bond donors (Lipinski definition) is 4. The second kappa shape index (κ2) is 5.27. The van der Waals surface area contributed by atoms with Crippen LogP contribution < -0.4 is 5.73 Å². The molecular formula is C10H12ClNO4. The van der Waals surface area contributed by atoms with Crippen LogP contribution >= 0.6 is 11.6 Å². The van der Waals surface area contributed by atoms with E-state index in [9.17, 15) is 15.0 Å². The fraction of sp³-hybridized carbons (Fsp3) is 0.300. The maximum absolute atomic E-state index is 10.7. The Morgan fingerprint density at radius 1 is 1.44 bits per heavy atom. The van der Waals surface area contributed by atoms with Crippen molar-refractivity contribution in [3.63, 3.8) is 0 Å². The van der Waals surface area contributed by atoms with E-state index in [-0.39, 0.29) is 17.1 Å². The monoisotopic (exact) mass is 245 g/mol. The summed E-state index contributed by atoms with van der Waals surface area (Å²) in [4.78, 5) is 10.7. The molecule has 0 saturated heterocycles. The summed E-state index contributed by atoms with van der Waals surface area (Å²) in [6.07, 6.45) is -2.28. The molecule has 0 aliphatic heterocycles. The molecule has 0 fully saturated rings. The Hall–Kier alpha value is -1.14. The van der Waals surface area contributed by atoms with Crippen LogP contribution in [0.5, 0.6) is 0 Å². The molecule has 0 amide bonds. The third kappa shape index (κ3) is 2.70. The van der Waals surface area contributed by atoms with E-state index in [0.29, 0.717) is 5.56 Å². The van der Waals surface area contributed by atoms with Gasteiger partial charge in [-0.05, 0) is 17.7 Å². The Morgan fingerprint density at radius 2 is 2.06 bits per heavy atom. The summed E-state index contributed by atoms with van der Waals surface area (Å²) in [5.74, 6) is -1.15. The lowest BCUT2D eigenvalue weighted by Crippen LogP contribution is -2.27. The Morgan fingerprint density at radius 3 is 2.50 bits per heavy atom. The number of carboxylic acids is 1. The van der Waals surface area contributed by atoms with Gasteiger partial charge in [-0.25, -0.2) is 4.79 Å². The zero-order valence-electron chi connectivity index (χ0n) is 8.30. The number of aromatic carboxylic acids is 1. The van der Waals surface area contributed by atoms with Crippen molar-refractivity contribution in [1.29, 1.82) is 0 Å². The molecule has 0 aromatic heterocycles. The predicted molar refractivity (Wildman–Crippen MR) is 58.4 cm³/mol. The minimum Gasteiger partial charge on any atom is -0.478 e. The van der Waals surface area contributed by atoms with Gasteiger partial charge >= 0.3 is 5.97 Å². The van der Waals surface area contributed by atoms with E-state index in [1.54, 1.807) is 0 Å². The first-order chi connectivity index (χ1) is 7.47. The van der Waals surface area contributed by atoms with Crippen molar-refractivity contribution < 1.29 is 20.1 Å². The number of carboxylic acid groups (broad SMARTS) is 1. The van der Waals surface area contributed by atoms with Gasteiger partial charge in [-0.3, -0.25) is 0 Å². The van der Waals surface area contributed by atoms with Gasteiger partial charge in [-0.2, -0.15) is 0 Å². The predicted octanol–water partition coefficient (Wildman–Crippen LogP) is 0.391. The summed E-state index contributed by atoms with van der Waals surface area (Å²) >= 11 is 5.71. The van der Waals surface area contributed by atoms with Crippen molar-refractivity contribution in [3.8, 4) is 0 Å². The van der Waals surface area contributed by atoms with Gasteiger partial charge in [-0.1, -0.05) is 17.7 Å². The molecule has 5 nitrogen and oxygen atoms in total. The van der Waals surface area contributed by atoms with E-state index >= 15 is 0 Å². The SMILES string of the molecule is NCC(O)C(O)c1ccc(C(=O)O)c(Cl)c1. The highest BCUT2D eigenvalue weighted by atomic mass is 35.5. The van der Waals surface area contributed by atoms with Crippen LogP contribution in [0.25, 0.3) is 0 Å². The molecule has 0 saturated carbocycles. The van der Waals surface area contributed by atoms with Crippen LogP contribution in [0.2, 0.25) is 5.02 Å². The topological polar surface area (TPSA) is 104 Å². The zero-order valence-corrected chi connectivity index (χ0v) is 9.05. The largest absolute Gasteiger partial charge is 0.478 e. The molecule has 0 aliphatic rings. The molecule has 5 N–H and O–H groups in total. The number of hydrogen-bond acceptors (Lipinski definition) is 4. The first-order valence-corrected chi connectivity index (χ1v) is 4.94. The fourth-order valence-corrected chi connectivity index (χ4v) is 1.51. The van der Waals surface area contributed by atoms with Crippen LogP contribution in [0.15, 0.2) is 18.2 Å². The Kier molecular flexibility index (Phi) is 4.26. The first-order valence-electron chi connectivity index (χ1n) is 4.56. The van der Waals surface area contributed by atoms with Gasteiger partial charge in [0, 0.05) is 6.54 Å². The van der Waals surface area contributed by atoms with Crippen LogP contribution in [0.1, 0.15) is 22.0 Å². The number of nitrogens with two attached hydrogens (primary N) is 1. The minimum absolute atomic E-state index is 0.00766. The molecule has 0 radical (unpaired) electrons. The molecule has 0 bridgehead atoms. The van der Waals surface area contributed by atoms with E-state index in [0.717, 1.165) is 0 Å². The third-order valence-corrected chi connectivity index (χ3v) is 2.48. The third-order valence-electron chi connectivity index (χ3n) is 2.17. The van der Waals surface area contributed by atoms with Gasteiger partial charge in [0.25, 0.3) is 0 Å². The Bertz CT molecular complexity index is 396. The van der Waals surface area contributed by atoms with Gasteiger partial charge in [0.2, 0.25) is 0 Å². The lowest BCUT2D eigenvalue weighted by Gasteiger charge is -2.16. The van der Waals surface area contributed by atoms with Crippen LogP contribution in [-0.2, 0) is 0 Å². The highest BCUT2D eigenvalue weighted by molar-refractivity contribution is 6.33. The van der Waals surface area contributed by atoms with Crippen LogP contribution in [-0.4, -0.2) is 33.9 Å². The van der Waals surface area contributed by atoms with E-state index in [2.05, 4.69) is 0 Å². The molecule has 2 unspecified atom stereocenters. The molecule has 0 aliphatic carbocycles. The average Bonchev–Trinajstić information content (AvgIpc) is 2.26. The lowest BCUT2D eigenvalue weighted by molar-refractivity contribution is 0.0243. The van der Waals surface area contributed by atoms with Crippen molar-refractivity contribution in [1.82, 2.24) is 0 Å². The van der Waals surface area contributed by atoms with Crippen molar-refractivity contribution in [2.45, 2.75) is 12.2 Å². The average molecular weight is 246 g/mol. The maximum atomic E-state index is 10.7. The van der Waals surface area contributed by atoms with Gasteiger partial charge in [0.1, 0.15) is 6.10 Å². The van der Waals surface area contributed by atoms with Gasteiger partial charge in [-0.15, -0.1) is 0 Å². The molecule has 1 aromatic carbocycles. The summed E-state index contributed by atoms with van der Waals surface area (Å²) in [5, 5.41) is 27.7. The molecule has 1 rings (SSSR count). The normalized spacial score (nSPS) is 14.5. The molecule has 0 heterocycles. The van der Waals surface area contributed by atoms with E-state index in [1.165, 1.54) is 18.2 Å². The number of aliphatic hydroxyl groups excluding tert-OH is 2. The molecule has 2 atom stereocenters. The van der Waals surface area contributed by atoms with Crippen LogP contribution in [0.3, 0.4) is 0 Å². The number of aliphatic hydroxyl groups is 2. The smallest absolute Gasteiger partial charge is 0.337 e. The quantitative estimate of drug-likeness (QED) is 0.614. The van der Waals surface area contributed by atoms with Crippen molar-refractivity contribution in [2.75, 3.05) is 6.54 Å². The number of carbonyl (C=O) groups is 1. The van der Waals surface area contributed by atoms with E-state index in [1.807, 2.05) is 0 Å². The van der Waals surface area contributed by atoms with Crippen molar-refractivity contribution >= 4 is 17.6 Å². The highest BCUT2D eigenvalue weighted by Gasteiger charge is 2.18. The van der Waals surface area contributed by atoms with Gasteiger partial charge in [0.05, 0.1) is 16.7 Å². The molecule has 16 heavy (non-hydrogen) atoms. The van der Waals surface area contributed by atoms with E-state index < -0.39 is 18.2 Å². The molecule has 88 valence electrons. The highest BCUT2D eigenvalue weighted by Crippen LogP contribution is 2.23. The van der Waals surface area contributed by atoms with E-state index in [4.69, 9.17) is 22.4 Å². The molecule has 1 aromatic rings. The second-order valence-corrected chi connectivity index (χ2v) is 3.70.